The smallest absolute Gasteiger partial charge is 0.335 e. The molecule has 0 bridgehead atoms. The molecule has 4 aliphatic rings. The van der Waals surface area contributed by atoms with E-state index in [-0.39, 0.29) is 34.8 Å². The van der Waals surface area contributed by atoms with Crippen LogP contribution in [0.4, 0.5) is 11.4 Å². The van der Waals surface area contributed by atoms with Crippen LogP contribution in [0.1, 0.15) is 89.9 Å². The van der Waals surface area contributed by atoms with E-state index in [2.05, 4.69) is 74.5 Å². The van der Waals surface area contributed by atoms with Gasteiger partial charge in [-0.05, 0) is 96.5 Å². The predicted octanol–water partition coefficient (Wildman–Crippen LogP) is 9.33. The molecule has 4 atom stereocenters. The van der Waals surface area contributed by atoms with E-state index in [0.717, 1.165) is 46.5 Å². The van der Waals surface area contributed by atoms with E-state index in [0.29, 0.717) is 13.1 Å². The summed E-state index contributed by atoms with van der Waals surface area (Å²) in [5.41, 5.74) is 10.0. The zero-order chi connectivity index (χ0) is 40.3. The maximum Gasteiger partial charge on any atom is 0.335 e. The number of rotatable bonds is 8. The Labute approximate surface area is 337 Å². The number of fused-ring (bicyclic) bond motifs is 4. The highest BCUT2D eigenvalue weighted by molar-refractivity contribution is 6.12. The van der Waals surface area contributed by atoms with Crippen molar-refractivity contribution in [2.45, 2.75) is 62.4 Å². The molecule has 2 aliphatic carbocycles. The molecule has 8 nitrogen and oxygen atoms in total. The number of carbonyl (C=O) groups excluding carboxylic acids is 2. The number of aryl methyl sites for hydroxylation is 2. The number of carbonyl (C=O) groups is 4. The maximum atomic E-state index is 13.6. The largest absolute Gasteiger partial charge is 0.478 e. The predicted molar refractivity (Wildman–Crippen MR) is 222 cm³/mol. The van der Waals surface area contributed by atoms with Crippen LogP contribution in [0, 0.1) is 13.8 Å². The summed E-state index contributed by atoms with van der Waals surface area (Å²) < 4.78 is 0. The van der Waals surface area contributed by atoms with E-state index in [1.807, 2.05) is 58.3 Å². The Morgan fingerprint density at radius 1 is 0.534 bits per heavy atom. The average molecular weight is 767 g/mol. The number of aromatic carboxylic acids is 2. The number of benzene rings is 6. The molecular weight excluding hydrogens is 725 g/mol. The number of hydrogen-bond donors (Lipinski definition) is 2. The second-order valence-electron chi connectivity index (χ2n) is 16.1. The molecule has 2 spiro atoms. The highest BCUT2D eigenvalue weighted by Crippen LogP contribution is 2.67. The minimum Gasteiger partial charge on any atom is -0.478 e. The van der Waals surface area contributed by atoms with Crippen LogP contribution in [0.15, 0.2) is 146 Å². The molecule has 0 aromatic heterocycles. The molecule has 2 fully saturated rings. The molecule has 0 radical (unpaired) electrons. The van der Waals surface area contributed by atoms with Crippen molar-refractivity contribution in [2.24, 2.45) is 0 Å². The SMILES string of the molecule is Cc1ccc([C@@H]2C[C@]23C(=O)N(Cc2cccc(C(=O)O)c2)c2ccccc23)cc1.Cc1ccc([C@H]2C[C@@]23C(=O)N(Cc2cccc(C(=O)O)c2)c2ccccc23)cc1. The summed E-state index contributed by atoms with van der Waals surface area (Å²) in [6.07, 6.45) is 1.63. The molecule has 2 N–H and O–H groups in total. The molecule has 6 aromatic rings. The normalized spacial score (nSPS) is 22.0. The van der Waals surface area contributed by atoms with Crippen molar-refractivity contribution < 1.29 is 29.4 Å². The summed E-state index contributed by atoms with van der Waals surface area (Å²) in [7, 11) is 0. The third-order valence-electron chi connectivity index (χ3n) is 12.5. The Kier molecular flexibility index (Phi) is 8.88. The van der Waals surface area contributed by atoms with E-state index < -0.39 is 22.8 Å². The van der Waals surface area contributed by atoms with Crippen molar-refractivity contribution in [2.75, 3.05) is 9.80 Å². The minimum atomic E-state index is -0.960. The highest BCUT2D eigenvalue weighted by Gasteiger charge is 2.68. The standard InChI is InChI=1S/2C25H21NO3/c2*1-16-9-11-18(12-10-16)21-14-25(21)20-7-2-3-8-22(20)26(24(25)29)15-17-5-4-6-19(13-17)23(27)28/h2*2-13,21H,14-15H2,1H3,(H,27,28)/t2*21-,25+/m10/s1. The summed E-state index contributed by atoms with van der Waals surface area (Å²) >= 11 is 0. The lowest BCUT2D eigenvalue weighted by molar-refractivity contribution is -0.121. The van der Waals surface area contributed by atoms with E-state index in [1.165, 1.54) is 22.3 Å². The van der Waals surface area contributed by atoms with Crippen molar-refractivity contribution in [3.05, 3.63) is 201 Å². The Balaban J connectivity index is 0.000000150. The molecular formula is C50H42N2O6. The molecule has 0 unspecified atom stereocenters. The second-order valence-corrected chi connectivity index (χ2v) is 16.1. The summed E-state index contributed by atoms with van der Waals surface area (Å²) in [6.45, 7) is 4.88. The van der Waals surface area contributed by atoms with Gasteiger partial charge in [0, 0.05) is 23.2 Å². The van der Waals surface area contributed by atoms with Crippen molar-refractivity contribution in [1.29, 1.82) is 0 Å². The Morgan fingerprint density at radius 2 is 0.914 bits per heavy atom. The summed E-state index contributed by atoms with van der Waals surface area (Å²) in [4.78, 5) is 53.5. The van der Waals surface area contributed by atoms with Crippen LogP contribution in [0.2, 0.25) is 0 Å². The molecule has 0 saturated heterocycles. The van der Waals surface area contributed by atoms with Crippen LogP contribution < -0.4 is 9.80 Å². The van der Waals surface area contributed by atoms with Gasteiger partial charge in [-0.2, -0.15) is 0 Å². The number of anilines is 2. The Morgan fingerprint density at radius 3 is 1.29 bits per heavy atom. The Bertz CT molecular complexity index is 2450. The van der Waals surface area contributed by atoms with Gasteiger partial charge in [-0.25, -0.2) is 9.59 Å². The summed E-state index contributed by atoms with van der Waals surface area (Å²) in [5.74, 6) is -1.31. The maximum absolute atomic E-state index is 13.6. The fourth-order valence-electron chi connectivity index (χ4n) is 9.38. The van der Waals surface area contributed by atoms with Crippen LogP contribution in [0.3, 0.4) is 0 Å². The van der Waals surface area contributed by atoms with Gasteiger partial charge in [-0.1, -0.05) is 120 Å². The zero-order valence-corrected chi connectivity index (χ0v) is 32.3. The van der Waals surface area contributed by atoms with Crippen molar-refractivity contribution in [3.63, 3.8) is 0 Å². The van der Waals surface area contributed by atoms with E-state index >= 15 is 0 Å². The highest BCUT2D eigenvalue weighted by atomic mass is 16.4. The Hall–Kier alpha value is -6.80. The van der Waals surface area contributed by atoms with Gasteiger partial charge < -0.3 is 20.0 Å². The average Bonchev–Trinajstić information content (AvgIpc) is 4.14. The molecule has 2 aliphatic heterocycles. The van der Waals surface area contributed by atoms with E-state index in [4.69, 9.17) is 0 Å². The van der Waals surface area contributed by atoms with Gasteiger partial charge >= 0.3 is 11.9 Å². The quantitative estimate of drug-likeness (QED) is 0.160. The first-order valence-electron chi connectivity index (χ1n) is 19.6. The van der Waals surface area contributed by atoms with E-state index in [1.54, 1.807) is 36.4 Å². The van der Waals surface area contributed by atoms with E-state index in [9.17, 15) is 29.4 Å². The van der Waals surface area contributed by atoms with Crippen molar-refractivity contribution >= 4 is 35.1 Å². The summed E-state index contributed by atoms with van der Waals surface area (Å²) in [5, 5.41) is 18.5. The molecule has 10 rings (SSSR count). The molecule has 58 heavy (non-hydrogen) atoms. The van der Waals surface area contributed by atoms with Gasteiger partial charge in [-0.15, -0.1) is 0 Å². The van der Waals surface area contributed by atoms with Gasteiger partial charge in [0.1, 0.15) is 0 Å². The van der Waals surface area contributed by atoms with Crippen molar-refractivity contribution in [3.8, 4) is 0 Å². The third kappa shape index (κ3) is 6.07. The van der Waals surface area contributed by atoms with Gasteiger partial charge in [0.05, 0.1) is 35.0 Å². The first kappa shape index (κ1) is 36.8. The lowest BCUT2D eigenvalue weighted by Gasteiger charge is -2.19. The molecule has 288 valence electrons. The fraction of sp³-hybridized carbons (Fsp3) is 0.200. The number of carboxylic acids is 2. The van der Waals surface area contributed by atoms with Crippen molar-refractivity contribution in [1.82, 2.24) is 0 Å². The van der Waals surface area contributed by atoms with Gasteiger partial charge in [0.15, 0.2) is 0 Å². The number of carboxylic acid groups (broad SMARTS) is 2. The first-order valence-corrected chi connectivity index (χ1v) is 19.6. The lowest BCUT2D eigenvalue weighted by Crippen LogP contribution is -2.32. The molecule has 2 amide bonds. The second kappa shape index (κ2) is 14.0. The summed E-state index contributed by atoms with van der Waals surface area (Å²) in [6, 6.07) is 46.6. The zero-order valence-electron chi connectivity index (χ0n) is 32.3. The number of para-hydroxylation sites is 2. The third-order valence-corrected chi connectivity index (χ3v) is 12.5. The van der Waals surface area contributed by atoms with Crippen LogP contribution in [0.25, 0.3) is 0 Å². The van der Waals surface area contributed by atoms with Gasteiger partial charge in [-0.3, -0.25) is 9.59 Å². The number of nitrogens with zero attached hydrogens (tertiary/aromatic N) is 2. The molecule has 2 heterocycles. The number of amides is 2. The lowest BCUT2D eigenvalue weighted by atomic mass is 9.92. The fourth-order valence-corrected chi connectivity index (χ4v) is 9.38. The van der Waals surface area contributed by atoms with Crippen LogP contribution in [-0.2, 0) is 33.5 Å². The minimum absolute atomic E-state index is 0.116. The van der Waals surface area contributed by atoms with Crippen LogP contribution in [0.5, 0.6) is 0 Å². The van der Waals surface area contributed by atoms with Gasteiger partial charge in [0.25, 0.3) is 0 Å². The van der Waals surface area contributed by atoms with Crippen LogP contribution >= 0.6 is 0 Å². The monoisotopic (exact) mass is 766 g/mol. The molecule has 8 heteroatoms. The topological polar surface area (TPSA) is 115 Å². The van der Waals surface area contributed by atoms with Gasteiger partial charge in [0.2, 0.25) is 11.8 Å². The first-order chi connectivity index (χ1) is 28.0. The molecule has 6 aromatic carbocycles. The number of hydrogen-bond acceptors (Lipinski definition) is 4. The van der Waals surface area contributed by atoms with Crippen LogP contribution in [-0.4, -0.2) is 34.0 Å². The molecule has 2 saturated carbocycles.